The second-order valence-corrected chi connectivity index (χ2v) is 6.56. The lowest BCUT2D eigenvalue weighted by atomic mass is 10.00. The molecule has 0 aromatic carbocycles. The quantitative estimate of drug-likeness (QED) is 0.735. The molecule has 5 nitrogen and oxygen atoms in total. The van der Waals surface area contributed by atoms with Crippen molar-refractivity contribution in [3.05, 3.63) is 0 Å². The number of nitrogens with one attached hydrogen (secondary N) is 1. The van der Waals surface area contributed by atoms with Crippen LogP contribution in [0.25, 0.3) is 0 Å². The van der Waals surface area contributed by atoms with E-state index in [9.17, 15) is 14.7 Å². The number of rotatable bonds is 6. The number of hydrogen-bond donors (Lipinski definition) is 2. The van der Waals surface area contributed by atoms with Crippen LogP contribution < -0.4 is 5.32 Å². The van der Waals surface area contributed by atoms with E-state index in [1.807, 2.05) is 18.7 Å². The number of hydrogen-bond acceptors (Lipinski definition) is 3. The van der Waals surface area contributed by atoms with Crippen LogP contribution in [0.3, 0.4) is 0 Å². The smallest absolute Gasteiger partial charge is 0.329 e. The van der Waals surface area contributed by atoms with Crippen LogP contribution in [0.5, 0.6) is 0 Å². The van der Waals surface area contributed by atoms with Gasteiger partial charge in [-0.2, -0.15) is 11.8 Å². The van der Waals surface area contributed by atoms with Gasteiger partial charge in [-0.15, -0.1) is 0 Å². The largest absolute Gasteiger partial charge is 0.480 e. The van der Waals surface area contributed by atoms with Crippen molar-refractivity contribution in [3.8, 4) is 0 Å². The molecule has 2 atom stereocenters. The highest BCUT2D eigenvalue weighted by molar-refractivity contribution is 7.99. The minimum Gasteiger partial charge on any atom is -0.480 e. The molecule has 110 valence electrons. The molecular formula is C13H24N2O3S. The molecule has 1 rings (SSSR count). The van der Waals surface area contributed by atoms with E-state index in [4.69, 9.17) is 0 Å². The highest BCUT2D eigenvalue weighted by Crippen LogP contribution is 2.29. The Labute approximate surface area is 119 Å². The van der Waals surface area contributed by atoms with Crippen molar-refractivity contribution in [2.24, 2.45) is 0 Å². The Balaban J connectivity index is 2.51. The van der Waals surface area contributed by atoms with Gasteiger partial charge < -0.3 is 15.3 Å². The molecular weight excluding hydrogens is 264 g/mol. The van der Waals surface area contributed by atoms with Gasteiger partial charge in [0.15, 0.2) is 0 Å². The van der Waals surface area contributed by atoms with Crippen molar-refractivity contribution in [3.63, 3.8) is 0 Å². The van der Waals surface area contributed by atoms with Crippen molar-refractivity contribution in [1.29, 1.82) is 0 Å². The summed E-state index contributed by atoms with van der Waals surface area (Å²) in [6.07, 6.45) is 2.17. The predicted octanol–water partition coefficient (Wildman–Crippen LogP) is 2.17. The third kappa shape index (κ3) is 4.03. The van der Waals surface area contributed by atoms with E-state index in [0.29, 0.717) is 13.0 Å². The highest BCUT2D eigenvalue weighted by Gasteiger charge is 2.46. The maximum atomic E-state index is 12.2. The van der Waals surface area contributed by atoms with Crippen molar-refractivity contribution in [2.45, 2.75) is 51.6 Å². The molecule has 19 heavy (non-hydrogen) atoms. The van der Waals surface area contributed by atoms with Crippen LogP contribution >= 0.6 is 11.8 Å². The van der Waals surface area contributed by atoms with Crippen LogP contribution in [0, 0.1) is 0 Å². The molecule has 0 saturated carbocycles. The summed E-state index contributed by atoms with van der Waals surface area (Å²) < 4.78 is 0. The van der Waals surface area contributed by atoms with E-state index in [0.717, 1.165) is 24.3 Å². The lowest BCUT2D eigenvalue weighted by molar-refractivity contribution is -0.147. The van der Waals surface area contributed by atoms with Gasteiger partial charge in [-0.1, -0.05) is 6.92 Å². The molecule has 0 aliphatic carbocycles. The molecule has 0 spiro atoms. The Hall–Kier alpha value is -0.910. The van der Waals surface area contributed by atoms with E-state index in [-0.39, 0.29) is 12.1 Å². The summed E-state index contributed by atoms with van der Waals surface area (Å²) in [5.74, 6) is 1.16. The zero-order valence-corrected chi connectivity index (χ0v) is 12.8. The van der Waals surface area contributed by atoms with Crippen molar-refractivity contribution in [2.75, 3.05) is 18.1 Å². The minimum atomic E-state index is -1.05. The van der Waals surface area contributed by atoms with Gasteiger partial charge in [-0.05, 0) is 44.6 Å². The number of aliphatic carboxylic acids is 1. The molecule has 1 aliphatic heterocycles. The van der Waals surface area contributed by atoms with E-state index >= 15 is 0 Å². The van der Waals surface area contributed by atoms with Crippen molar-refractivity contribution in [1.82, 2.24) is 10.2 Å². The zero-order valence-electron chi connectivity index (χ0n) is 11.9. The first kappa shape index (κ1) is 16.1. The van der Waals surface area contributed by atoms with Gasteiger partial charge in [0, 0.05) is 12.6 Å². The topological polar surface area (TPSA) is 69.6 Å². The second kappa shape index (κ2) is 7.03. The molecule has 1 fully saturated rings. The first-order chi connectivity index (χ1) is 8.91. The average Bonchev–Trinajstić information content (AvgIpc) is 2.73. The first-order valence-corrected chi connectivity index (χ1v) is 7.96. The summed E-state index contributed by atoms with van der Waals surface area (Å²) in [5.41, 5.74) is -1.05. The fourth-order valence-electron chi connectivity index (χ4n) is 2.28. The van der Waals surface area contributed by atoms with Crippen LogP contribution in [0.2, 0.25) is 0 Å². The van der Waals surface area contributed by atoms with Gasteiger partial charge in [-0.3, -0.25) is 0 Å². The van der Waals surface area contributed by atoms with Gasteiger partial charge >= 0.3 is 12.0 Å². The van der Waals surface area contributed by atoms with Gasteiger partial charge in [0.25, 0.3) is 0 Å². The fraction of sp³-hybridized carbons (Fsp3) is 0.846. The summed E-state index contributed by atoms with van der Waals surface area (Å²) in [4.78, 5) is 24.9. The Morgan fingerprint density at radius 3 is 2.79 bits per heavy atom. The molecule has 0 bridgehead atoms. The summed E-state index contributed by atoms with van der Waals surface area (Å²) in [6.45, 7) is 6.21. The Bertz CT molecular complexity index is 338. The summed E-state index contributed by atoms with van der Waals surface area (Å²) in [5, 5.41) is 12.2. The van der Waals surface area contributed by atoms with Crippen LogP contribution in [0.15, 0.2) is 0 Å². The molecule has 2 amide bonds. The fourth-order valence-corrected chi connectivity index (χ4v) is 3.09. The van der Waals surface area contributed by atoms with E-state index < -0.39 is 11.5 Å². The number of amides is 2. The van der Waals surface area contributed by atoms with Gasteiger partial charge in [0.2, 0.25) is 0 Å². The maximum absolute atomic E-state index is 12.2. The molecule has 0 aromatic heterocycles. The second-order valence-electron chi connectivity index (χ2n) is 5.17. The lowest BCUT2D eigenvalue weighted by Crippen LogP contribution is -2.55. The van der Waals surface area contributed by atoms with Gasteiger partial charge in [0.1, 0.15) is 5.54 Å². The molecule has 2 unspecified atom stereocenters. The van der Waals surface area contributed by atoms with Gasteiger partial charge in [0.05, 0.1) is 0 Å². The van der Waals surface area contributed by atoms with Crippen molar-refractivity contribution < 1.29 is 14.7 Å². The average molecular weight is 288 g/mol. The molecule has 1 aliphatic rings. The molecule has 2 N–H and O–H groups in total. The van der Waals surface area contributed by atoms with E-state index in [2.05, 4.69) is 12.2 Å². The number of carboxylic acids is 1. The number of nitrogens with zero attached hydrogens (tertiary/aromatic N) is 1. The Morgan fingerprint density at radius 1 is 1.53 bits per heavy atom. The van der Waals surface area contributed by atoms with Crippen LogP contribution in [-0.2, 0) is 4.79 Å². The molecule has 1 saturated heterocycles. The standard InChI is InChI=1S/C13H24N2O3S/c1-4-19-9-6-10(2)14-12(18)15-8-5-7-13(15,3)11(16)17/h10H,4-9H2,1-3H3,(H,14,18)(H,16,17). The summed E-state index contributed by atoms with van der Waals surface area (Å²) in [7, 11) is 0. The SMILES string of the molecule is CCSCCC(C)NC(=O)N1CCCC1(C)C(=O)O. The number of urea groups is 1. The number of carbonyl (C=O) groups is 2. The summed E-state index contributed by atoms with van der Waals surface area (Å²) in [6, 6.07) is -0.179. The Kier molecular flexibility index (Phi) is 5.97. The normalized spacial score (nSPS) is 24.3. The number of thioether (sulfide) groups is 1. The van der Waals surface area contributed by atoms with E-state index in [1.54, 1.807) is 6.92 Å². The Morgan fingerprint density at radius 2 is 2.21 bits per heavy atom. The molecule has 0 radical (unpaired) electrons. The maximum Gasteiger partial charge on any atom is 0.329 e. The lowest BCUT2D eigenvalue weighted by Gasteiger charge is -2.32. The van der Waals surface area contributed by atoms with Crippen LogP contribution in [0.1, 0.15) is 40.0 Å². The monoisotopic (exact) mass is 288 g/mol. The third-order valence-electron chi connectivity index (χ3n) is 3.62. The van der Waals surface area contributed by atoms with E-state index in [1.165, 1.54) is 4.90 Å². The zero-order chi connectivity index (χ0) is 14.5. The number of carboxylic acid groups (broad SMARTS) is 1. The van der Waals surface area contributed by atoms with Crippen LogP contribution in [0.4, 0.5) is 4.79 Å². The third-order valence-corrected chi connectivity index (χ3v) is 4.55. The molecule has 0 aromatic rings. The molecule has 6 heteroatoms. The minimum absolute atomic E-state index is 0.0743. The van der Waals surface area contributed by atoms with Crippen molar-refractivity contribution >= 4 is 23.8 Å². The summed E-state index contributed by atoms with van der Waals surface area (Å²) >= 11 is 1.84. The number of carbonyl (C=O) groups excluding carboxylic acids is 1. The molecule has 1 heterocycles. The number of likely N-dealkylation sites (tertiary alicyclic amines) is 1. The predicted molar refractivity (Wildman–Crippen MR) is 77.6 cm³/mol. The van der Waals surface area contributed by atoms with Gasteiger partial charge in [-0.25, -0.2) is 9.59 Å². The first-order valence-electron chi connectivity index (χ1n) is 6.81. The highest BCUT2D eigenvalue weighted by atomic mass is 32.2. The van der Waals surface area contributed by atoms with Crippen LogP contribution in [-0.4, -0.2) is 51.6 Å².